The van der Waals surface area contributed by atoms with Crippen molar-refractivity contribution in [1.29, 1.82) is 0 Å². The summed E-state index contributed by atoms with van der Waals surface area (Å²) in [6.07, 6.45) is 0.189. The van der Waals surface area contributed by atoms with Crippen molar-refractivity contribution in [1.82, 2.24) is 9.55 Å². The van der Waals surface area contributed by atoms with Crippen LogP contribution in [-0.2, 0) is 9.84 Å². The molecular formula is C24H19F3N2O4S. The van der Waals surface area contributed by atoms with Crippen molar-refractivity contribution >= 4 is 20.9 Å². The van der Waals surface area contributed by atoms with Gasteiger partial charge in [0, 0.05) is 23.8 Å². The Morgan fingerprint density at radius 2 is 1.79 bits per heavy atom. The van der Waals surface area contributed by atoms with Crippen LogP contribution in [0.5, 0.6) is 5.75 Å². The molecule has 34 heavy (non-hydrogen) atoms. The molecule has 10 heteroatoms. The third-order valence-corrected chi connectivity index (χ3v) is 7.09. The van der Waals surface area contributed by atoms with Crippen LogP contribution in [0.15, 0.2) is 65.6 Å². The summed E-state index contributed by atoms with van der Waals surface area (Å²) in [5.74, 6) is -0.442. The molecule has 1 aromatic heterocycles. The van der Waals surface area contributed by atoms with Crippen LogP contribution in [0.1, 0.15) is 30.0 Å². The summed E-state index contributed by atoms with van der Waals surface area (Å²) in [6, 6.07) is 14.5. The second kappa shape index (κ2) is 8.14. The number of halogens is 3. The van der Waals surface area contributed by atoms with Gasteiger partial charge in [-0.2, -0.15) is 8.78 Å². The number of hydrogen-bond acceptors (Lipinski definition) is 5. The van der Waals surface area contributed by atoms with Gasteiger partial charge in [0.15, 0.2) is 15.7 Å². The molecule has 2 atom stereocenters. The number of nitrogens with zero attached hydrogens (tertiary/aromatic N) is 2. The van der Waals surface area contributed by atoms with Crippen molar-refractivity contribution in [3.8, 4) is 16.9 Å². The van der Waals surface area contributed by atoms with Crippen LogP contribution < -0.4 is 4.74 Å². The molecule has 2 heterocycles. The molecule has 1 aliphatic rings. The van der Waals surface area contributed by atoms with Gasteiger partial charge < -0.3 is 14.4 Å². The van der Waals surface area contributed by atoms with Crippen molar-refractivity contribution in [3.63, 3.8) is 0 Å². The lowest BCUT2D eigenvalue weighted by Crippen LogP contribution is -2.11. The molecule has 1 N–H and O–H groups in total. The average molecular weight is 488 g/mol. The number of aliphatic hydroxyl groups is 1. The molecule has 0 amide bonds. The minimum atomic E-state index is -3.40. The third-order valence-electron chi connectivity index (χ3n) is 5.96. The quantitative estimate of drug-likeness (QED) is 0.433. The Hall–Kier alpha value is -3.37. The summed E-state index contributed by atoms with van der Waals surface area (Å²) in [7, 11) is -3.40. The van der Waals surface area contributed by atoms with Crippen LogP contribution in [0.25, 0.3) is 22.2 Å². The fourth-order valence-corrected chi connectivity index (χ4v) is 5.10. The molecule has 176 valence electrons. The SMILES string of the molecule is CS(=O)(=O)c1ccc(-c2ccc3nc4n(c3c2F)C(c2ccccc2OC(F)F)CC4O)cc1. The maximum Gasteiger partial charge on any atom is 0.387 e. The van der Waals surface area contributed by atoms with E-state index in [4.69, 9.17) is 0 Å². The van der Waals surface area contributed by atoms with E-state index in [0.29, 0.717) is 16.6 Å². The monoisotopic (exact) mass is 488 g/mol. The zero-order valence-electron chi connectivity index (χ0n) is 17.8. The summed E-state index contributed by atoms with van der Waals surface area (Å²) in [6.45, 7) is -3.04. The largest absolute Gasteiger partial charge is 0.434 e. The Kier molecular flexibility index (Phi) is 5.37. The predicted octanol–water partition coefficient (Wildman–Crippen LogP) is 4.87. The van der Waals surface area contributed by atoms with Gasteiger partial charge in [0.2, 0.25) is 0 Å². The van der Waals surface area contributed by atoms with Gasteiger partial charge in [0.1, 0.15) is 23.2 Å². The van der Waals surface area contributed by atoms with Gasteiger partial charge in [0.25, 0.3) is 0 Å². The second-order valence-electron chi connectivity index (χ2n) is 8.12. The summed E-state index contributed by atoms with van der Waals surface area (Å²) in [5, 5.41) is 10.6. The highest BCUT2D eigenvalue weighted by Crippen LogP contribution is 2.45. The van der Waals surface area contributed by atoms with E-state index in [1.54, 1.807) is 24.3 Å². The van der Waals surface area contributed by atoms with Crippen molar-refractivity contribution in [2.24, 2.45) is 0 Å². The number of fused-ring (bicyclic) bond motifs is 3. The number of imidazole rings is 1. The second-order valence-corrected chi connectivity index (χ2v) is 10.1. The van der Waals surface area contributed by atoms with Gasteiger partial charge in [-0.15, -0.1) is 0 Å². The van der Waals surface area contributed by atoms with Gasteiger partial charge in [0.05, 0.1) is 16.5 Å². The van der Waals surface area contributed by atoms with Gasteiger partial charge in [-0.3, -0.25) is 0 Å². The number of ether oxygens (including phenoxy) is 1. The summed E-state index contributed by atoms with van der Waals surface area (Å²) < 4.78 is 71.5. The lowest BCUT2D eigenvalue weighted by molar-refractivity contribution is -0.0507. The Morgan fingerprint density at radius 1 is 1.09 bits per heavy atom. The Bertz CT molecular complexity index is 1500. The van der Waals surface area contributed by atoms with Crippen molar-refractivity contribution in [2.75, 3.05) is 6.26 Å². The number of hydrogen-bond donors (Lipinski definition) is 1. The molecule has 4 aromatic rings. The third kappa shape index (κ3) is 3.72. The molecule has 0 aliphatic carbocycles. The molecule has 0 spiro atoms. The highest BCUT2D eigenvalue weighted by atomic mass is 32.2. The van der Waals surface area contributed by atoms with Crippen LogP contribution >= 0.6 is 0 Å². The van der Waals surface area contributed by atoms with Crippen LogP contribution in [0.3, 0.4) is 0 Å². The molecule has 2 unspecified atom stereocenters. The molecule has 3 aromatic carbocycles. The van der Waals surface area contributed by atoms with E-state index < -0.39 is 34.4 Å². The minimum Gasteiger partial charge on any atom is -0.434 e. The van der Waals surface area contributed by atoms with E-state index in [0.717, 1.165) is 6.26 Å². The molecule has 1 aliphatic heterocycles. The molecule has 0 saturated carbocycles. The molecular weight excluding hydrogens is 469 g/mol. The molecule has 0 radical (unpaired) electrons. The summed E-state index contributed by atoms with van der Waals surface area (Å²) in [5.41, 5.74) is 1.47. The van der Waals surface area contributed by atoms with Gasteiger partial charge >= 0.3 is 6.61 Å². The first-order chi connectivity index (χ1) is 16.1. The molecule has 0 bridgehead atoms. The predicted molar refractivity (Wildman–Crippen MR) is 119 cm³/mol. The van der Waals surface area contributed by atoms with Crippen molar-refractivity contribution in [2.45, 2.75) is 30.1 Å². The zero-order valence-corrected chi connectivity index (χ0v) is 18.6. The number of para-hydroxylation sites is 1. The van der Waals surface area contributed by atoms with E-state index in [1.165, 1.54) is 41.0 Å². The van der Waals surface area contributed by atoms with E-state index in [-0.39, 0.29) is 34.0 Å². The zero-order chi connectivity index (χ0) is 24.2. The Morgan fingerprint density at radius 3 is 2.47 bits per heavy atom. The first-order valence-electron chi connectivity index (χ1n) is 10.4. The standard InChI is InChI=1S/C24H19F3N2O4S/c1-34(31,32)14-8-6-13(7-9-14)15-10-11-17-22(21(15)25)29-18(12-19(30)23(29)28-17)16-4-2-3-5-20(16)33-24(26)27/h2-11,18-19,24,30H,12H2,1H3. The normalized spacial score (nSPS) is 17.9. The van der Waals surface area contributed by atoms with Crippen LogP contribution in [0, 0.1) is 5.82 Å². The van der Waals surface area contributed by atoms with E-state index in [1.807, 2.05) is 0 Å². The fraction of sp³-hybridized carbons (Fsp3) is 0.208. The van der Waals surface area contributed by atoms with Crippen LogP contribution in [-0.4, -0.2) is 35.9 Å². The van der Waals surface area contributed by atoms with E-state index >= 15 is 4.39 Å². The van der Waals surface area contributed by atoms with Crippen LogP contribution in [0.4, 0.5) is 13.2 Å². The molecule has 0 saturated heterocycles. The number of benzene rings is 3. The van der Waals surface area contributed by atoms with Crippen molar-refractivity contribution < 1.29 is 31.4 Å². The van der Waals surface area contributed by atoms with Gasteiger partial charge in [-0.1, -0.05) is 30.3 Å². The molecule has 0 fully saturated rings. The first-order valence-corrected chi connectivity index (χ1v) is 12.3. The van der Waals surface area contributed by atoms with E-state index in [9.17, 15) is 22.3 Å². The first kappa shape index (κ1) is 22.4. The lowest BCUT2D eigenvalue weighted by Gasteiger charge is -2.19. The molecule has 5 rings (SSSR count). The Labute approximate surface area is 193 Å². The highest BCUT2D eigenvalue weighted by molar-refractivity contribution is 7.90. The topological polar surface area (TPSA) is 81.4 Å². The maximum atomic E-state index is 15.9. The summed E-state index contributed by atoms with van der Waals surface area (Å²) in [4.78, 5) is 4.50. The minimum absolute atomic E-state index is 0.0580. The fourth-order valence-electron chi connectivity index (χ4n) is 4.47. The van der Waals surface area contributed by atoms with Crippen LogP contribution in [0.2, 0.25) is 0 Å². The average Bonchev–Trinajstić information content (AvgIpc) is 3.31. The number of sulfone groups is 1. The number of aliphatic hydroxyl groups excluding tert-OH is 1. The number of alkyl halides is 2. The highest BCUT2D eigenvalue weighted by Gasteiger charge is 2.37. The number of aromatic nitrogens is 2. The Balaban J connectivity index is 1.67. The van der Waals surface area contributed by atoms with E-state index in [2.05, 4.69) is 9.72 Å². The number of rotatable bonds is 5. The van der Waals surface area contributed by atoms with Gasteiger partial charge in [-0.05, 0) is 35.9 Å². The maximum absolute atomic E-state index is 15.9. The van der Waals surface area contributed by atoms with Crippen molar-refractivity contribution in [3.05, 3.63) is 77.9 Å². The lowest BCUT2D eigenvalue weighted by atomic mass is 10.0. The summed E-state index contributed by atoms with van der Waals surface area (Å²) >= 11 is 0. The smallest absolute Gasteiger partial charge is 0.387 e. The molecule has 6 nitrogen and oxygen atoms in total. The van der Waals surface area contributed by atoms with Gasteiger partial charge in [-0.25, -0.2) is 17.8 Å².